The average Bonchev–Trinajstić information content (AvgIpc) is 2.53. The molecule has 1 saturated heterocycles. The maximum absolute atomic E-state index is 12.4. The number of carbonyl (C=O) groups excluding carboxylic acids is 1. The maximum Gasteiger partial charge on any atom is 0.416 e. The zero-order chi connectivity index (χ0) is 17.6. The van der Waals surface area contributed by atoms with Crippen LogP contribution < -0.4 is 10.1 Å². The lowest BCUT2D eigenvalue weighted by Crippen LogP contribution is -2.43. The molecule has 1 fully saturated rings. The van der Waals surface area contributed by atoms with Crippen LogP contribution in [0, 0.1) is 0 Å². The molecule has 134 valence electrons. The fraction of sp³-hybridized carbons (Fsp3) is 0.562. The van der Waals surface area contributed by atoms with Crippen LogP contribution in [0.25, 0.3) is 0 Å². The van der Waals surface area contributed by atoms with E-state index in [9.17, 15) is 23.1 Å². The molecule has 1 aliphatic heterocycles. The molecule has 0 bridgehead atoms. The molecule has 5 nitrogen and oxygen atoms in total. The minimum absolute atomic E-state index is 0.137. The van der Waals surface area contributed by atoms with Gasteiger partial charge in [0, 0.05) is 13.1 Å². The van der Waals surface area contributed by atoms with Gasteiger partial charge in [-0.1, -0.05) is 0 Å². The molecule has 0 spiro atoms. The second-order valence-electron chi connectivity index (χ2n) is 5.73. The molecular weight excluding hydrogens is 325 g/mol. The van der Waals surface area contributed by atoms with Crippen molar-refractivity contribution in [3.63, 3.8) is 0 Å². The number of nitrogens with zero attached hydrogens (tertiary/aromatic N) is 1. The summed E-state index contributed by atoms with van der Waals surface area (Å²) >= 11 is 0. The van der Waals surface area contributed by atoms with Crippen LogP contribution in [0.4, 0.5) is 13.2 Å². The van der Waals surface area contributed by atoms with Gasteiger partial charge < -0.3 is 15.2 Å². The Morgan fingerprint density at radius 3 is 2.46 bits per heavy atom. The van der Waals surface area contributed by atoms with E-state index < -0.39 is 11.7 Å². The Hall–Kier alpha value is -1.80. The van der Waals surface area contributed by atoms with Gasteiger partial charge in [0.2, 0.25) is 5.91 Å². The minimum Gasteiger partial charge on any atom is -0.492 e. The molecule has 1 amide bonds. The summed E-state index contributed by atoms with van der Waals surface area (Å²) in [5, 5.41) is 12.1. The Kier molecular flexibility index (Phi) is 6.44. The Morgan fingerprint density at radius 2 is 1.88 bits per heavy atom. The van der Waals surface area contributed by atoms with E-state index in [2.05, 4.69) is 5.32 Å². The molecule has 0 aromatic heterocycles. The summed E-state index contributed by atoms with van der Waals surface area (Å²) in [6, 6.07) is 4.42. The highest BCUT2D eigenvalue weighted by molar-refractivity contribution is 5.78. The van der Waals surface area contributed by atoms with Crippen LogP contribution in [0.5, 0.6) is 5.75 Å². The Labute approximate surface area is 138 Å². The smallest absolute Gasteiger partial charge is 0.416 e. The molecule has 2 rings (SSSR count). The van der Waals surface area contributed by atoms with Crippen LogP contribution in [-0.4, -0.2) is 54.8 Å². The predicted octanol–water partition coefficient (Wildman–Crippen LogP) is 1.66. The monoisotopic (exact) mass is 346 g/mol. The maximum atomic E-state index is 12.4. The summed E-state index contributed by atoms with van der Waals surface area (Å²) in [5.41, 5.74) is -0.727. The Balaban J connectivity index is 1.63. The molecule has 0 unspecified atom stereocenters. The van der Waals surface area contributed by atoms with Gasteiger partial charge in [-0.2, -0.15) is 13.2 Å². The molecule has 24 heavy (non-hydrogen) atoms. The van der Waals surface area contributed by atoms with Gasteiger partial charge in [0.05, 0.1) is 24.8 Å². The molecule has 1 aromatic carbocycles. The molecule has 2 N–H and O–H groups in total. The van der Waals surface area contributed by atoms with Gasteiger partial charge >= 0.3 is 6.18 Å². The number of amides is 1. The van der Waals surface area contributed by atoms with Crippen molar-refractivity contribution >= 4 is 5.91 Å². The third-order valence-electron chi connectivity index (χ3n) is 3.80. The quantitative estimate of drug-likeness (QED) is 0.769. The molecule has 0 saturated carbocycles. The molecule has 1 heterocycles. The van der Waals surface area contributed by atoms with E-state index in [1.165, 1.54) is 12.1 Å². The van der Waals surface area contributed by atoms with Crippen LogP contribution in [0.3, 0.4) is 0 Å². The zero-order valence-corrected chi connectivity index (χ0v) is 13.2. The number of hydrogen-bond donors (Lipinski definition) is 2. The third-order valence-corrected chi connectivity index (χ3v) is 3.80. The van der Waals surface area contributed by atoms with Gasteiger partial charge in [0.1, 0.15) is 12.4 Å². The normalized spacial score (nSPS) is 16.8. The second-order valence-corrected chi connectivity index (χ2v) is 5.73. The van der Waals surface area contributed by atoms with Crippen LogP contribution in [0.15, 0.2) is 24.3 Å². The number of carbonyl (C=O) groups is 1. The van der Waals surface area contributed by atoms with Crippen molar-refractivity contribution in [2.75, 3.05) is 32.8 Å². The molecule has 0 aliphatic carbocycles. The predicted molar refractivity (Wildman–Crippen MR) is 81.6 cm³/mol. The summed E-state index contributed by atoms with van der Waals surface area (Å²) in [7, 11) is 0. The fourth-order valence-electron chi connectivity index (χ4n) is 2.44. The molecule has 0 radical (unpaired) electrons. The highest BCUT2D eigenvalue weighted by Gasteiger charge is 2.30. The second kappa shape index (κ2) is 8.34. The number of halogens is 3. The summed E-state index contributed by atoms with van der Waals surface area (Å²) in [5.74, 6) is 0.185. The summed E-state index contributed by atoms with van der Waals surface area (Å²) in [6.07, 6.45) is -3.30. The first kappa shape index (κ1) is 18.5. The third kappa shape index (κ3) is 6.01. The molecule has 0 atom stereocenters. The number of aliphatic hydroxyl groups is 1. The van der Waals surface area contributed by atoms with Crippen LogP contribution in [0.2, 0.25) is 0 Å². The van der Waals surface area contributed by atoms with Crippen molar-refractivity contribution in [2.24, 2.45) is 0 Å². The van der Waals surface area contributed by atoms with Gasteiger partial charge in [-0.3, -0.25) is 9.69 Å². The minimum atomic E-state index is -4.36. The molecule has 1 aliphatic rings. The first-order valence-electron chi connectivity index (χ1n) is 7.82. The highest BCUT2D eigenvalue weighted by Crippen LogP contribution is 2.30. The number of hydrogen-bond acceptors (Lipinski definition) is 4. The number of likely N-dealkylation sites (tertiary alicyclic amines) is 1. The van der Waals surface area contributed by atoms with Crippen molar-refractivity contribution < 1.29 is 27.8 Å². The van der Waals surface area contributed by atoms with Crippen LogP contribution in [0.1, 0.15) is 18.4 Å². The molecule has 8 heteroatoms. The first-order valence-corrected chi connectivity index (χ1v) is 7.82. The largest absolute Gasteiger partial charge is 0.492 e. The zero-order valence-electron chi connectivity index (χ0n) is 13.2. The van der Waals surface area contributed by atoms with E-state index in [0.717, 1.165) is 12.1 Å². The number of benzene rings is 1. The SMILES string of the molecule is O=C(CN1CCC(O)CC1)NCCOc1ccc(C(F)(F)F)cc1. The summed E-state index contributed by atoms with van der Waals surface area (Å²) < 4.78 is 42.6. The van der Waals surface area contributed by atoms with Crippen molar-refractivity contribution in [2.45, 2.75) is 25.1 Å². The van der Waals surface area contributed by atoms with Gasteiger partial charge in [-0.05, 0) is 37.1 Å². The van der Waals surface area contributed by atoms with Gasteiger partial charge in [0.25, 0.3) is 0 Å². The average molecular weight is 346 g/mol. The Morgan fingerprint density at radius 1 is 1.25 bits per heavy atom. The number of ether oxygens (including phenoxy) is 1. The summed E-state index contributed by atoms with van der Waals surface area (Å²) in [6.45, 7) is 2.10. The van der Waals surface area contributed by atoms with Crippen molar-refractivity contribution in [1.29, 1.82) is 0 Å². The lowest BCUT2D eigenvalue weighted by molar-refractivity contribution is -0.137. The van der Waals surface area contributed by atoms with Gasteiger partial charge in [0.15, 0.2) is 0 Å². The number of nitrogens with one attached hydrogen (secondary N) is 1. The molecule has 1 aromatic rings. The van der Waals surface area contributed by atoms with E-state index in [1.807, 2.05) is 4.90 Å². The lowest BCUT2D eigenvalue weighted by Gasteiger charge is -2.28. The van der Waals surface area contributed by atoms with Crippen LogP contribution >= 0.6 is 0 Å². The molecular formula is C16H21F3N2O3. The first-order chi connectivity index (χ1) is 11.3. The van der Waals surface area contributed by atoms with E-state index in [1.54, 1.807) is 0 Å². The lowest BCUT2D eigenvalue weighted by atomic mass is 10.1. The van der Waals surface area contributed by atoms with E-state index in [0.29, 0.717) is 31.7 Å². The number of rotatable bonds is 6. The number of aliphatic hydroxyl groups excluding tert-OH is 1. The standard InChI is InChI=1S/C16H21F3N2O3/c17-16(18,19)12-1-3-14(4-2-12)24-10-7-20-15(23)11-21-8-5-13(22)6-9-21/h1-4,13,22H,5-11H2,(H,20,23). The topological polar surface area (TPSA) is 61.8 Å². The van der Waals surface area contributed by atoms with E-state index >= 15 is 0 Å². The van der Waals surface area contributed by atoms with Crippen molar-refractivity contribution in [3.8, 4) is 5.75 Å². The fourth-order valence-corrected chi connectivity index (χ4v) is 2.44. The van der Waals surface area contributed by atoms with Crippen LogP contribution in [-0.2, 0) is 11.0 Å². The number of alkyl halides is 3. The van der Waals surface area contributed by atoms with Gasteiger partial charge in [-0.15, -0.1) is 0 Å². The van der Waals surface area contributed by atoms with Gasteiger partial charge in [-0.25, -0.2) is 0 Å². The highest BCUT2D eigenvalue weighted by atomic mass is 19.4. The number of piperidine rings is 1. The van der Waals surface area contributed by atoms with E-state index in [4.69, 9.17) is 4.74 Å². The summed E-state index contributed by atoms with van der Waals surface area (Å²) in [4.78, 5) is 13.7. The van der Waals surface area contributed by atoms with Crippen molar-refractivity contribution in [1.82, 2.24) is 10.2 Å². The van der Waals surface area contributed by atoms with Crippen molar-refractivity contribution in [3.05, 3.63) is 29.8 Å². The Bertz CT molecular complexity index is 526. The van der Waals surface area contributed by atoms with E-state index in [-0.39, 0.29) is 31.7 Å².